The van der Waals surface area contributed by atoms with E-state index in [4.69, 9.17) is 0 Å². The molecule has 0 fully saturated rings. The smallest absolute Gasteiger partial charge is 0.185 e. The Morgan fingerprint density at radius 1 is 0.594 bits per heavy atom. The average Bonchev–Trinajstić information content (AvgIpc) is 2.87. The second kappa shape index (κ2) is 10.1. The van der Waals surface area contributed by atoms with E-state index in [2.05, 4.69) is 24.3 Å². The predicted octanol–water partition coefficient (Wildman–Crippen LogP) is 7.39. The Labute approximate surface area is 187 Å². The molecule has 0 saturated heterocycles. The van der Waals surface area contributed by atoms with Crippen LogP contribution < -0.4 is 0 Å². The van der Waals surface area contributed by atoms with Gasteiger partial charge in [-0.05, 0) is 45.3 Å². The number of fused-ring (bicyclic) bond motifs is 2. The molecule has 0 unspecified atom stereocenters. The van der Waals surface area contributed by atoms with Gasteiger partial charge in [-0.1, -0.05) is 109 Å². The van der Waals surface area contributed by atoms with Crippen molar-refractivity contribution >= 4 is 39.7 Å². The number of carbonyl (C=O) groups excluding carboxylic acids is 2. The van der Waals surface area contributed by atoms with Gasteiger partial charge in [-0.15, -0.1) is 0 Å². The van der Waals surface area contributed by atoms with Gasteiger partial charge in [0.25, 0.3) is 0 Å². The minimum absolute atomic E-state index is 0.0319. The molecule has 154 valence electrons. The fourth-order valence-corrected chi connectivity index (χ4v) is 3.53. The first-order valence-corrected chi connectivity index (χ1v) is 10.4. The van der Waals surface area contributed by atoms with Crippen molar-refractivity contribution in [2.45, 2.75) is 0 Å². The monoisotopic (exact) mass is 414 g/mol. The number of hydrogen-bond acceptors (Lipinski definition) is 2. The van der Waals surface area contributed by atoms with Crippen LogP contribution in [0.1, 0.15) is 26.3 Å². The molecule has 0 amide bonds. The summed E-state index contributed by atoms with van der Waals surface area (Å²) in [4.78, 5) is 22.7. The summed E-state index contributed by atoms with van der Waals surface area (Å²) in [5.41, 5.74) is 2.50. The van der Waals surface area contributed by atoms with Crippen LogP contribution in [-0.4, -0.2) is 12.1 Å². The van der Waals surface area contributed by atoms with Crippen LogP contribution in [0.5, 0.6) is 0 Å². The fraction of sp³-hybridized carbons (Fsp3) is 0. The predicted molar refractivity (Wildman–Crippen MR) is 133 cm³/mol. The highest BCUT2D eigenvalue weighted by Gasteiger charge is 2.01. The van der Waals surface area contributed by atoms with E-state index in [-0.39, 0.29) is 5.78 Å². The van der Waals surface area contributed by atoms with Crippen LogP contribution in [0.4, 0.5) is 0 Å². The lowest BCUT2D eigenvalue weighted by Gasteiger charge is -2.03. The lowest BCUT2D eigenvalue weighted by molar-refractivity contribution is 0.104. The molecule has 5 aromatic rings. The highest BCUT2D eigenvalue weighted by Crippen LogP contribution is 2.24. The van der Waals surface area contributed by atoms with Gasteiger partial charge in [0, 0.05) is 11.1 Å². The first-order valence-electron chi connectivity index (χ1n) is 10.4. The van der Waals surface area contributed by atoms with Gasteiger partial charge in [0.15, 0.2) is 12.1 Å². The Morgan fingerprint density at radius 3 is 1.88 bits per heavy atom. The molecule has 0 radical (unpaired) electrons. The molecule has 5 rings (SSSR count). The van der Waals surface area contributed by atoms with Crippen molar-refractivity contribution in [1.29, 1.82) is 0 Å². The van der Waals surface area contributed by atoms with Crippen molar-refractivity contribution in [3.63, 3.8) is 0 Å². The summed E-state index contributed by atoms with van der Waals surface area (Å²) < 4.78 is 0. The SMILES string of the molecule is O=C(C=Cc1ccccc1)c1ccccc1.O=Cc1cccc2cc3ccccc3cc12. The van der Waals surface area contributed by atoms with E-state index in [0.29, 0.717) is 0 Å². The molecule has 32 heavy (non-hydrogen) atoms. The van der Waals surface area contributed by atoms with Crippen LogP contribution in [0, 0.1) is 0 Å². The van der Waals surface area contributed by atoms with E-state index >= 15 is 0 Å². The summed E-state index contributed by atoms with van der Waals surface area (Å²) >= 11 is 0. The summed E-state index contributed by atoms with van der Waals surface area (Å²) in [7, 11) is 0. The van der Waals surface area contributed by atoms with Crippen LogP contribution in [0.25, 0.3) is 27.6 Å². The summed E-state index contributed by atoms with van der Waals surface area (Å²) in [6, 6.07) is 37.2. The van der Waals surface area contributed by atoms with E-state index in [1.807, 2.05) is 97.1 Å². The van der Waals surface area contributed by atoms with E-state index in [1.165, 1.54) is 10.8 Å². The van der Waals surface area contributed by atoms with Crippen molar-refractivity contribution in [3.05, 3.63) is 138 Å². The minimum Gasteiger partial charge on any atom is -0.298 e. The molecule has 0 N–H and O–H groups in total. The van der Waals surface area contributed by atoms with Gasteiger partial charge < -0.3 is 0 Å². The van der Waals surface area contributed by atoms with Crippen LogP contribution in [-0.2, 0) is 0 Å². The van der Waals surface area contributed by atoms with Crippen LogP contribution in [0.15, 0.2) is 121 Å². The Kier molecular flexibility index (Phi) is 6.64. The molecule has 0 atom stereocenters. The molecular weight excluding hydrogens is 392 g/mol. The number of benzene rings is 5. The molecule has 0 aliphatic carbocycles. The van der Waals surface area contributed by atoms with Crippen molar-refractivity contribution in [3.8, 4) is 0 Å². The molecule has 0 bridgehead atoms. The van der Waals surface area contributed by atoms with E-state index in [1.54, 1.807) is 6.08 Å². The molecule has 0 spiro atoms. The third kappa shape index (κ3) is 5.05. The van der Waals surface area contributed by atoms with Crippen LogP contribution in [0.3, 0.4) is 0 Å². The Bertz CT molecular complexity index is 1380. The van der Waals surface area contributed by atoms with Crippen molar-refractivity contribution in [1.82, 2.24) is 0 Å². The van der Waals surface area contributed by atoms with Gasteiger partial charge >= 0.3 is 0 Å². The number of ketones is 1. The molecule has 5 aromatic carbocycles. The van der Waals surface area contributed by atoms with Gasteiger partial charge in [-0.2, -0.15) is 0 Å². The molecular formula is C30H22O2. The maximum absolute atomic E-state index is 11.7. The number of hydrogen-bond donors (Lipinski definition) is 0. The first-order chi connectivity index (χ1) is 15.7. The van der Waals surface area contributed by atoms with Crippen LogP contribution >= 0.6 is 0 Å². The maximum Gasteiger partial charge on any atom is 0.185 e. The molecule has 0 aliphatic rings. The molecule has 0 saturated carbocycles. The summed E-state index contributed by atoms with van der Waals surface area (Å²) in [5.74, 6) is 0.0319. The Balaban J connectivity index is 0.000000153. The highest BCUT2D eigenvalue weighted by atomic mass is 16.1. The van der Waals surface area contributed by atoms with Crippen molar-refractivity contribution in [2.24, 2.45) is 0 Å². The largest absolute Gasteiger partial charge is 0.298 e. The lowest BCUT2D eigenvalue weighted by Crippen LogP contribution is -1.92. The molecule has 0 aromatic heterocycles. The third-order valence-electron chi connectivity index (χ3n) is 5.19. The van der Waals surface area contributed by atoms with E-state index in [9.17, 15) is 9.59 Å². The summed E-state index contributed by atoms with van der Waals surface area (Å²) in [5, 5.41) is 4.52. The topological polar surface area (TPSA) is 34.1 Å². The molecule has 0 aliphatic heterocycles. The average molecular weight is 415 g/mol. The third-order valence-corrected chi connectivity index (χ3v) is 5.19. The zero-order valence-corrected chi connectivity index (χ0v) is 17.5. The van der Waals surface area contributed by atoms with Gasteiger partial charge in [-0.3, -0.25) is 9.59 Å². The quantitative estimate of drug-likeness (QED) is 0.133. The summed E-state index contributed by atoms with van der Waals surface area (Å²) in [6.07, 6.45) is 4.34. The number of aldehydes is 1. The number of carbonyl (C=O) groups is 2. The van der Waals surface area contributed by atoms with E-state index < -0.39 is 0 Å². The second-order valence-electron chi connectivity index (χ2n) is 7.36. The van der Waals surface area contributed by atoms with Crippen molar-refractivity contribution in [2.75, 3.05) is 0 Å². The number of allylic oxidation sites excluding steroid dienone is 1. The molecule has 0 heterocycles. The van der Waals surface area contributed by atoms with Gasteiger partial charge in [0.05, 0.1) is 0 Å². The van der Waals surface area contributed by atoms with Gasteiger partial charge in [0.1, 0.15) is 0 Å². The zero-order chi connectivity index (χ0) is 22.2. The van der Waals surface area contributed by atoms with E-state index in [0.717, 1.165) is 33.7 Å². The molecule has 2 nitrogen and oxygen atoms in total. The first kappa shape index (κ1) is 21.0. The van der Waals surface area contributed by atoms with Crippen LogP contribution in [0.2, 0.25) is 0 Å². The highest BCUT2D eigenvalue weighted by molar-refractivity contribution is 6.07. The van der Waals surface area contributed by atoms with Gasteiger partial charge in [0.2, 0.25) is 0 Å². The minimum atomic E-state index is 0.0319. The normalized spacial score (nSPS) is 10.6. The lowest BCUT2D eigenvalue weighted by atomic mass is 10.0. The Morgan fingerprint density at radius 2 is 1.19 bits per heavy atom. The molecule has 2 heteroatoms. The fourth-order valence-electron chi connectivity index (χ4n) is 3.53. The standard InChI is InChI=1S/C15H10O.C15H12O/c16-10-14-7-3-6-13-8-11-4-1-2-5-12(11)9-15(13)14;16-15(14-9-5-2-6-10-14)12-11-13-7-3-1-4-8-13/h1-10H;1-12H. The Hall–Kier alpha value is -4.30. The zero-order valence-electron chi connectivity index (χ0n) is 17.5. The maximum atomic E-state index is 11.7. The summed E-state index contributed by atoms with van der Waals surface area (Å²) in [6.45, 7) is 0. The van der Waals surface area contributed by atoms with Crippen molar-refractivity contribution < 1.29 is 9.59 Å². The second-order valence-corrected chi connectivity index (χ2v) is 7.36. The van der Waals surface area contributed by atoms with Gasteiger partial charge in [-0.25, -0.2) is 0 Å². The number of rotatable bonds is 4.